The number of imidazole rings is 1. The van der Waals surface area contributed by atoms with Crippen LogP contribution in [0.25, 0.3) is 22.6 Å². The topological polar surface area (TPSA) is 54.8 Å². The van der Waals surface area contributed by atoms with E-state index in [0.29, 0.717) is 6.42 Å². The number of fused-ring (bicyclic) bond motifs is 1. The van der Waals surface area contributed by atoms with Crippen molar-refractivity contribution < 1.29 is 4.42 Å². The highest BCUT2D eigenvalue weighted by molar-refractivity contribution is 5.80. The first-order valence-electron chi connectivity index (χ1n) is 5.66. The van der Waals surface area contributed by atoms with Crippen molar-refractivity contribution in [2.24, 2.45) is 7.05 Å². The normalized spacial score (nSPS) is 10.7. The van der Waals surface area contributed by atoms with Gasteiger partial charge < -0.3 is 8.98 Å². The Morgan fingerprint density at radius 1 is 1.39 bits per heavy atom. The maximum Gasteiger partial charge on any atom is 0.176 e. The van der Waals surface area contributed by atoms with Crippen LogP contribution in [0.4, 0.5) is 0 Å². The van der Waals surface area contributed by atoms with Crippen molar-refractivity contribution in [3.05, 3.63) is 42.2 Å². The molecule has 18 heavy (non-hydrogen) atoms. The number of furan rings is 1. The Kier molecular flexibility index (Phi) is 2.38. The first kappa shape index (κ1) is 10.6. The molecule has 0 radical (unpaired) electrons. The molecule has 0 N–H and O–H groups in total. The standard InChI is InChI=1S/C14H11N3O/c1-17-12-9-10(6-7-15)4-5-11(12)16-14(17)13-3-2-8-18-13/h2-5,8-9H,6H2,1H3. The lowest BCUT2D eigenvalue weighted by atomic mass is 10.1. The number of aromatic nitrogens is 2. The fourth-order valence-electron chi connectivity index (χ4n) is 2.06. The third kappa shape index (κ3) is 1.57. The Morgan fingerprint density at radius 3 is 3.00 bits per heavy atom. The zero-order chi connectivity index (χ0) is 12.5. The van der Waals surface area contributed by atoms with Crippen LogP contribution in [-0.4, -0.2) is 9.55 Å². The van der Waals surface area contributed by atoms with Gasteiger partial charge >= 0.3 is 0 Å². The summed E-state index contributed by atoms with van der Waals surface area (Å²) in [5, 5.41) is 8.73. The summed E-state index contributed by atoms with van der Waals surface area (Å²) >= 11 is 0. The largest absolute Gasteiger partial charge is 0.461 e. The molecule has 2 aromatic heterocycles. The van der Waals surface area contributed by atoms with Gasteiger partial charge in [0.1, 0.15) is 0 Å². The summed E-state index contributed by atoms with van der Waals surface area (Å²) in [6.07, 6.45) is 2.05. The average molecular weight is 237 g/mol. The molecule has 0 aliphatic rings. The van der Waals surface area contributed by atoms with Crippen molar-refractivity contribution in [2.75, 3.05) is 0 Å². The van der Waals surface area contributed by atoms with E-state index in [1.54, 1.807) is 6.26 Å². The lowest BCUT2D eigenvalue weighted by Crippen LogP contribution is -1.91. The van der Waals surface area contributed by atoms with E-state index in [1.165, 1.54) is 0 Å². The second-order valence-corrected chi connectivity index (χ2v) is 4.13. The molecule has 0 spiro atoms. The Morgan fingerprint density at radius 2 is 2.28 bits per heavy atom. The van der Waals surface area contributed by atoms with Gasteiger partial charge in [-0.1, -0.05) is 6.07 Å². The van der Waals surface area contributed by atoms with Gasteiger partial charge in [-0.3, -0.25) is 0 Å². The molecule has 0 fully saturated rings. The SMILES string of the molecule is Cn1c(-c2ccco2)nc2ccc(CC#N)cc21. The third-order valence-corrected chi connectivity index (χ3v) is 2.97. The fraction of sp³-hybridized carbons (Fsp3) is 0.143. The van der Waals surface area contributed by atoms with Gasteiger partial charge in [0.25, 0.3) is 0 Å². The molecule has 88 valence electrons. The fourth-order valence-corrected chi connectivity index (χ4v) is 2.06. The lowest BCUT2D eigenvalue weighted by Gasteiger charge is -1.99. The third-order valence-electron chi connectivity index (χ3n) is 2.97. The quantitative estimate of drug-likeness (QED) is 0.688. The molecule has 2 heterocycles. The summed E-state index contributed by atoms with van der Waals surface area (Å²) in [6.45, 7) is 0. The van der Waals surface area contributed by atoms with E-state index in [-0.39, 0.29) is 0 Å². The van der Waals surface area contributed by atoms with E-state index < -0.39 is 0 Å². The van der Waals surface area contributed by atoms with Crippen LogP contribution in [0.1, 0.15) is 5.56 Å². The highest BCUT2D eigenvalue weighted by Gasteiger charge is 2.12. The van der Waals surface area contributed by atoms with Crippen LogP contribution in [0.2, 0.25) is 0 Å². The zero-order valence-corrected chi connectivity index (χ0v) is 9.92. The smallest absolute Gasteiger partial charge is 0.176 e. The predicted octanol–water partition coefficient (Wildman–Crippen LogP) is 2.90. The van der Waals surface area contributed by atoms with Gasteiger partial charge in [-0.15, -0.1) is 0 Å². The summed E-state index contributed by atoms with van der Waals surface area (Å²) in [7, 11) is 1.95. The number of hydrogen-bond acceptors (Lipinski definition) is 3. The summed E-state index contributed by atoms with van der Waals surface area (Å²) in [6, 6.07) is 11.8. The van der Waals surface area contributed by atoms with Crippen LogP contribution in [0, 0.1) is 11.3 Å². The second kappa shape index (κ2) is 4.04. The molecule has 0 amide bonds. The van der Waals surface area contributed by atoms with Crippen LogP contribution in [0.15, 0.2) is 41.0 Å². The summed E-state index contributed by atoms with van der Waals surface area (Å²) in [5.74, 6) is 1.54. The summed E-state index contributed by atoms with van der Waals surface area (Å²) < 4.78 is 7.35. The molecule has 3 aromatic rings. The number of nitriles is 1. The molecule has 1 aromatic carbocycles. The molecule has 0 saturated heterocycles. The van der Waals surface area contributed by atoms with Crippen molar-refractivity contribution in [3.63, 3.8) is 0 Å². The van der Waals surface area contributed by atoms with Crippen molar-refractivity contribution in [1.82, 2.24) is 9.55 Å². The molecule has 0 aliphatic carbocycles. The van der Waals surface area contributed by atoms with Gasteiger partial charge in [0.15, 0.2) is 11.6 Å². The first-order valence-corrected chi connectivity index (χ1v) is 5.66. The number of rotatable bonds is 2. The van der Waals surface area contributed by atoms with Gasteiger partial charge in [0, 0.05) is 7.05 Å². The van der Waals surface area contributed by atoms with Gasteiger partial charge in [-0.25, -0.2) is 4.98 Å². The van der Waals surface area contributed by atoms with Crippen molar-refractivity contribution in [3.8, 4) is 17.7 Å². The van der Waals surface area contributed by atoms with Crippen LogP contribution >= 0.6 is 0 Å². The highest BCUT2D eigenvalue weighted by Crippen LogP contribution is 2.24. The molecular weight excluding hydrogens is 226 g/mol. The monoisotopic (exact) mass is 237 g/mol. The van der Waals surface area contributed by atoms with E-state index >= 15 is 0 Å². The van der Waals surface area contributed by atoms with E-state index in [0.717, 1.165) is 28.2 Å². The average Bonchev–Trinajstić information content (AvgIpc) is 2.99. The van der Waals surface area contributed by atoms with Crippen LogP contribution in [0.3, 0.4) is 0 Å². The molecule has 4 nitrogen and oxygen atoms in total. The minimum absolute atomic E-state index is 0.414. The molecule has 0 atom stereocenters. The van der Waals surface area contributed by atoms with Gasteiger partial charge in [-0.05, 0) is 29.8 Å². The van der Waals surface area contributed by atoms with E-state index in [4.69, 9.17) is 9.68 Å². The molecule has 0 saturated carbocycles. The van der Waals surface area contributed by atoms with Gasteiger partial charge in [0.05, 0.1) is 29.8 Å². The zero-order valence-electron chi connectivity index (χ0n) is 9.92. The van der Waals surface area contributed by atoms with E-state index in [2.05, 4.69) is 11.1 Å². The van der Waals surface area contributed by atoms with Crippen molar-refractivity contribution >= 4 is 11.0 Å². The van der Waals surface area contributed by atoms with Crippen LogP contribution in [0.5, 0.6) is 0 Å². The Labute approximate surface area is 104 Å². The summed E-state index contributed by atoms with van der Waals surface area (Å²) in [4.78, 5) is 4.54. The maximum atomic E-state index is 8.73. The molecule has 3 rings (SSSR count). The van der Waals surface area contributed by atoms with E-state index in [9.17, 15) is 0 Å². The molecule has 0 unspecified atom stereocenters. The van der Waals surface area contributed by atoms with E-state index in [1.807, 2.05) is 41.9 Å². The Balaban J connectivity index is 2.20. The minimum atomic E-state index is 0.414. The molecule has 0 aliphatic heterocycles. The molecule has 0 bridgehead atoms. The molecular formula is C14H11N3O. The Bertz CT molecular complexity index is 732. The minimum Gasteiger partial charge on any atom is -0.461 e. The van der Waals surface area contributed by atoms with Crippen LogP contribution < -0.4 is 0 Å². The van der Waals surface area contributed by atoms with Crippen LogP contribution in [-0.2, 0) is 13.5 Å². The summed E-state index contributed by atoms with van der Waals surface area (Å²) in [5.41, 5.74) is 2.92. The van der Waals surface area contributed by atoms with Crippen molar-refractivity contribution in [1.29, 1.82) is 5.26 Å². The molecule has 4 heteroatoms. The second-order valence-electron chi connectivity index (χ2n) is 4.13. The van der Waals surface area contributed by atoms with Crippen molar-refractivity contribution in [2.45, 2.75) is 6.42 Å². The lowest BCUT2D eigenvalue weighted by molar-refractivity contribution is 0.574. The number of hydrogen-bond donors (Lipinski definition) is 0. The van der Waals surface area contributed by atoms with Gasteiger partial charge in [-0.2, -0.15) is 5.26 Å². The van der Waals surface area contributed by atoms with Gasteiger partial charge in [0.2, 0.25) is 0 Å². The first-order chi connectivity index (χ1) is 8.79. The number of benzene rings is 1. The Hall–Kier alpha value is -2.54. The number of nitrogens with zero attached hydrogens (tertiary/aromatic N) is 3. The highest BCUT2D eigenvalue weighted by atomic mass is 16.3. The maximum absolute atomic E-state index is 8.73. The number of aryl methyl sites for hydroxylation is 1. The predicted molar refractivity (Wildman–Crippen MR) is 67.7 cm³/mol.